The third-order valence-corrected chi connectivity index (χ3v) is 3.08. The molecule has 92 valence electrons. The normalized spacial score (nSPS) is 21.1. The first-order valence-corrected chi connectivity index (χ1v) is 6.09. The van der Waals surface area contributed by atoms with Gasteiger partial charge in [-0.15, -0.1) is 0 Å². The first-order chi connectivity index (χ1) is 8.29. The van der Waals surface area contributed by atoms with Crippen LogP contribution in [0.2, 0.25) is 0 Å². The molecule has 1 aliphatic rings. The molecule has 1 unspecified atom stereocenters. The molecule has 0 saturated carbocycles. The molecule has 1 amide bonds. The minimum Gasteiger partial charge on any atom is -0.347 e. The van der Waals surface area contributed by atoms with E-state index in [0.29, 0.717) is 5.69 Å². The second-order valence-corrected chi connectivity index (χ2v) is 4.30. The van der Waals surface area contributed by atoms with Crippen molar-refractivity contribution < 1.29 is 4.79 Å². The standard InChI is InChI=1S/C12H18N4O/c1-2-16-7-3-4-10(9-16)15-12(17)11-8-13-5-6-14-11/h5-6,8,10H,2-4,7,9H2,1H3,(H,15,17). The molecule has 1 saturated heterocycles. The average molecular weight is 234 g/mol. The number of aromatic nitrogens is 2. The molecule has 0 aliphatic carbocycles. The molecule has 1 aliphatic heterocycles. The largest absolute Gasteiger partial charge is 0.347 e. The van der Waals surface area contributed by atoms with Crippen molar-refractivity contribution in [3.05, 3.63) is 24.3 Å². The average Bonchev–Trinajstić information content (AvgIpc) is 2.40. The smallest absolute Gasteiger partial charge is 0.271 e. The van der Waals surface area contributed by atoms with Crippen molar-refractivity contribution in [2.45, 2.75) is 25.8 Å². The molecule has 1 fully saturated rings. The van der Waals surface area contributed by atoms with Crippen LogP contribution in [0.5, 0.6) is 0 Å². The third kappa shape index (κ3) is 3.23. The molecule has 0 bridgehead atoms. The van der Waals surface area contributed by atoms with Gasteiger partial charge in [0.2, 0.25) is 0 Å². The van der Waals surface area contributed by atoms with Crippen LogP contribution in [0.15, 0.2) is 18.6 Å². The molecular weight excluding hydrogens is 216 g/mol. The Kier molecular flexibility index (Phi) is 4.03. The zero-order valence-electron chi connectivity index (χ0n) is 10.1. The van der Waals surface area contributed by atoms with E-state index in [4.69, 9.17) is 0 Å². The van der Waals surface area contributed by atoms with E-state index in [9.17, 15) is 4.79 Å². The first-order valence-electron chi connectivity index (χ1n) is 6.09. The van der Waals surface area contributed by atoms with Crippen LogP contribution in [0.3, 0.4) is 0 Å². The number of nitrogens with zero attached hydrogens (tertiary/aromatic N) is 3. The van der Waals surface area contributed by atoms with Crippen molar-refractivity contribution in [3.63, 3.8) is 0 Å². The highest BCUT2D eigenvalue weighted by molar-refractivity contribution is 5.92. The van der Waals surface area contributed by atoms with E-state index in [1.165, 1.54) is 12.4 Å². The predicted octanol–water partition coefficient (Wildman–Crippen LogP) is 0.691. The SMILES string of the molecule is CCN1CCCC(NC(=O)c2cnccn2)C1. The van der Waals surface area contributed by atoms with Gasteiger partial charge in [-0.05, 0) is 25.9 Å². The summed E-state index contributed by atoms with van der Waals surface area (Å²) >= 11 is 0. The van der Waals surface area contributed by atoms with E-state index < -0.39 is 0 Å². The topological polar surface area (TPSA) is 58.1 Å². The van der Waals surface area contributed by atoms with E-state index in [1.807, 2.05) is 0 Å². The van der Waals surface area contributed by atoms with Crippen LogP contribution >= 0.6 is 0 Å². The van der Waals surface area contributed by atoms with Gasteiger partial charge < -0.3 is 10.2 Å². The van der Waals surface area contributed by atoms with Gasteiger partial charge in [0.25, 0.3) is 5.91 Å². The molecule has 1 N–H and O–H groups in total. The van der Waals surface area contributed by atoms with Crippen molar-refractivity contribution in [2.75, 3.05) is 19.6 Å². The van der Waals surface area contributed by atoms with Crippen molar-refractivity contribution in [1.29, 1.82) is 0 Å². The van der Waals surface area contributed by atoms with Gasteiger partial charge in [-0.1, -0.05) is 6.92 Å². The van der Waals surface area contributed by atoms with Crippen LogP contribution in [-0.2, 0) is 0 Å². The summed E-state index contributed by atoms with van der Waals surface area (Å²) in [4.78, 5) is 22.1. The summed E-state index contributed by atoms with van der Waals surface area (Å²) < 4.78 is 0. The molecule has 1 aromatic heterocycles. The molecule has 5 heteroatoms. The number of likely N-dealkylation sites (N-methyl/N-ethyl adjacent to an activating group) is 1. The number of carbonyl (C=O) groups is 1. The molecule has 0 spiro atoms. The Morgan fingerprint density at radius 2 is 2.47 bits per heavy atom. The lowest BCUT2D eigenvalue weighted by atomic mass is 10.1. The fourth-order valence-electron chi connectivity index (χ4n) is 2.14. The lowest BCUT2D eigenvalue weighted by Gasteiger charge is -2.32. The summed E-state index contributed by atoms with van der Waals surface area (Å²) in [5.41, 5.74) is 0.390. The zero-order chi connectivity index (χ0) is 12.1. The van der Waals surface area contributed by atoms with Crippen LogP contribution in [0, 0.1) is 0 Å². The zero-order valence-corrected chi connectivity index (χ0v) is 10.1. The minimum absolute atomic E-state index is 0.124. The maximum absolute atomic E-state index is 11.9. The van der Waals surface area contributed by atoms with Gasteiger partial charge in [0.05, 0.1) is 6.20 Å². The molecular formula is C12H18N4O. The molecule has 2 heterocycles. The minimum atomic E-state index is -0.124. The lowest BCUT2D eigenvalue weighted by Crippen LogP contribution is -2.47. The fourth-order valence-corrected chi connectivity index (χ4v) is 2.14. The fraction of sp³-hybridized carbons (Fsp3) is 0.583. The summed E-state index contributed by atoms with van der Waals surface area (Å²) in [6, 6.07) is 0.234. The van der Waals surface area contributed by atoms with Crippen LogP contribution in [0.4, 0.5) is 0 Å². The highest BCUT2D eigenvalue weighted by atomic mass is 16.1. The van der Waals surface area contributed by atoms with Crippen molar-refractivity contribution in [1.82, 2.24) is 20.2 Å². The van der Waals surface area contributed by atoms with Gasteiger partial charge in [-0.2, -0.15) is 0 Å². The number of hydrogen-bond donors (Lipinski definition) is 1. The Balaban J connectivity index is 1.90. The second-order valence-electron chi connectivity index (χ2n) is 4.30. The van der Waals surface area contributed by atoms with E-state index in [-0.39, 0.29) is 11.9 Å². The molecule has 1 atom stereocenters. The summed E-state index contributed by atoms with van der Waals surface area (Å²) in [7, 11) is 0. The van der Waals surface area contributed by atoms with Crippen LogP contribution in [0.25, 0.3) is 0 Å². The number of hydrogen-bond acceptors (Lipinski definition) is 4. The Morgan fingerprint density at radius 3 is 3.18 bits per heavy atom. The van der Waals surface area contributed by atoms with Crippen molar-refractivity contribution >= 4 is 5.91 Å². The van der Waals surface area contributed by atoms with E-state index in [2.05, 4.69) is 27.1 Å². The Labute approximate surface area is 101 Å². The van der Waals surface area contributed by atoms with Crippen LogP contribution < -0.4 is 5.32 Å². The second kappa shape index (κ2) is 5.72. The molecule has 2 rings (SSSR count). The van der Waals surface area contributed by atoms with Gasteiger partial charge in [0.15, 0.2) is 0 Å². The summed E-state index contributed by atoms with van der Waals surface area (Å²) in [5, 5.41) is 3.02. The Hall–Kier alpha value is -1.49. The van der Waals surface area contributed by atoms with Gasteiger partial charge in [0, 0.05) is 25.0 Å². The number of nitrogens with one attached hydrogen (secondary N) is 1. The van der Waals surface area contributed by atoms with E-state index in [0.717, 1.165) is 32.5 Å². The highest BCUT2D eigenvalue weighted by Crippen LogP contribution is 2.09. The van der Waals surface area contributed by atoms with Gasteiger partial charge in [0.1, 0.15) is 5.69 Å². The summed E-state index contributed by atoms with van der Waals surface area (Å²) in [5.74, 6) is -0.124. The van der Waals surface area contributed by atoms with Crippen LogP contribution in [0.1, 0.15) is 30.3 Å². The van der Waals surface area contributed by atoms with Gasteiger partial charge in [-0.3, -0.25) is 9.78 Å². The number of carbonyl (C=O) groups excluding carboxylic acids is 1. The number of likely N-dealkylation sites (tertiary alicyclic amines) is 1. The first kappa shape index (κ1) is 12.0. The third-order valence-electron chi connectivity index (χ3n) is 3.08. The maximum Gasteiger partial charge on any atom is 0.271 e. The lowest BCUT2D eigenvalue weighted by molar-refractivity contribution is 0.0900. The molecule has 17 heavy (non-hydrogen) atoms. The van der Waals surface area contributed by atoms with E-state index in [1.54, 1.807) is 6.20 Å². The number of amides is 1. The Bertz CT molecular complexity index is 368. The predicted molar refractivity (Wildman–Crippen MR) is 64.6 cm³/mol. The number of piperidine rings is 1. The van der Waals surface area contributed by atoms with E-state index >= 15 is 0 Å². The molecule has 0 radical (unpaired) electrons. The molecule has 0 aromatic carbocycles. The van der Waals surface area contributed by atoms with Crippen LogP contribution in [-0.4, -0.2) is 46.5 Å². The van der Waals surface area contributed by atoms with Gasteiger partial charge in [-0.25, -0.2) is 4.98 Å². The highest BCUT2D eigenvalue weighted by Gasteiger charge is 2.21. The summed E-state index contributed by atoms with van der Waals surface area (Å²) in [6.45, 7) is 5.25. The Morgan fingerprint density at radius 1 is 1.59 bits per heavy atom. The number of rotatable bonds is 3. The maximum atomic E-state index is 11.9. The van der Waals surface area contributed by atoms with Crippen molar-refractivity contribution in [3.8, 4) is 0 Å². The quantitative estimate of drug-likeness (QED) is 0.836. The van der Waals surface area contributed by atoms with Crippen molar-refractivity contribution in [2.24, 2.45) is 0 Å². The monoisotopic (exact) mass is 234 g/mol. The molecule has 1 aromatic rings. The van der Waals surface area contributed by atoms with Gasteiger partial charge >= 0.3 is 0 Å². The molecule has 5 nitrogen and oxygen atoms in total. The summed E-state index contributed by atoms with van der Waals surface area (Å²) in [6.07, 6.45) is 6.78.